The lowest BCUT2D eigenvalue weighted by Crippen LogP contribution is -2.63. The third kappa shape index (κ3) is 3.23. The lowest BCUT2D eigenvalue weighted by molar-refractivity contribution is -0.256. The summed E-state index contributed by atoms with van der Waals surface area (Å²) in [6.45, 7) is 7.87. The predicted molar refractivity (Wildman–Crippen MR) is 57.3 cm³/mol. The predicted octanol–water partition coefficient (Wildman–Crippen LogP) is 0.374. The zero-order valence-electron chi connectivity index (χ0n) is 9.82. The number of hydrogen-bond acceptors (Lipinski definition) is 5. The molecular weight excluding hydrogens is 214 g/mol. The van der Waals surface area contributed by atoms with Crippen LogP contribution in [0.2, 0.25) is 0 Å². The Kier molecular flexibility index (Phi) is 3.31. The Morgan fingerprint density at radius 1 is 1.00 bits per heavy atom. The molecule has 0 aliphatic carbocycles. The van der Waals surface area contributed by atoms with Crippen LogP contribution >= 0.6 is 0 Å². The molecule has 1 rings (SSSR count). The van der Waals surface area contributed by atoms with E-state index in [-0.39, 0.29) is 11.1 Å². The summed E-state index contributed by atoms with van der Waals surface area (Å²) < 4.78 is 4.95. The highest BCUT2D eigenvalue weighted by Crippen LogP contribution is 2.38. The molecule has 1 fully saturated rings. The Hall–Kier alpha value is 0.0169. The average Bonchev–Trinajstić information content (AvgIpc) is 1.95. The van der Waals surface area contributed by atoms with Crippen LogP contribution in [0.1, 0.15) is 47.0 Å². The molecule has 3 N–H and O–H groups in total. The van der Waals surface area contributed by atoms with Gasteiger partial charge in [-0.3, -0.25) is 4.53 Å². The number of hydrogen-bond donors (Lipinski definition) is 3. The topological polar surface area (TPSA) is 73.2 Å². The first-order chi connectivity index (χ1) is 6.55. The quantitative estimate of drug-likeness (QED) is 0.603. The molecule has 0 saturated carbocycles. The normalized spacial score (nSPS) is 26.6. The monoisotopic (exact) mass is 235 g/mol. The van der Waals surface area contributed by atoms with E-state index in [2.05, 4.69) is 0 Å². The van der Waals surface area contributed by atoms with Crippen LogP contribution in [0.5, 0.6) is 0 Å². The average molecular weight is 235 g/mol. The molecule has 0 amide bonds. The molecular formula is C9H21NO4Si. The van der Waals surface area contributed by atoms with E-state index in [9.17, 15) is 0 Å². The fraction of sp³-hybridized carbons (Fsp3) is 1.00. The van der Waals surface area contributed by atoms with Gasteiger partial charge in [-0.2, -0.15) is 5.06 Å². The maximum Gasteiger partial charge on any atom is 0.688 e. The van der Waals surface area contributed by atoms with E-state index in [1.54, 1.807) is 0 Å². The zero-order valence-corrected chi connectivity index (χ0v) is 10.8. The number of piperidine rings is 1. The van der Waals surface area contributed by atoms with Crippen LogP contribution in [0.3, 0.4) is 0 Å². The van der Waals surface area contributed by atoms with Crippen molar-refractivity contribution in [1.82, 2.24) is 5.06 Å². The Morgan fingerprint density at radius 2 is 1.40 bits per heavy atom. The van der Waals surface area contributed by atoms with E-state index < -0.39 is 9.05 Å². The summed E-state index contributed by atoms with van der Waals surface area (Å²) in [7, 11) is -4.50. The summed E-state index contributed by atoms with van der Waals surface area (Å²) in [6.07, 6.45) is 2.87. The maximum atomic E-state index is 9.02. The van der Waals surface area contributed by atoms with Crippen molar-refractivity contribution in [2.45, 2.75) is 58.0 Å². The van der Waals surface area contributed by atoms with Gasteiger partial charge in [0.25, 0.3) is 0 Å². The molecule has 0 spiro atoms. The summed E-state index contributed by atoms with van der Waals surface area (Å²) in [5.41, 5.74) is -0.595. The fourth-order valence-corrected chi connectivity index (χ4v) is 3.08. The lowest BCUT2D eigenvalue weighted by atomic mass is 9.82. The van der Waals surface area contributed by atoms with Crippen LogP contribution in [-0.4, -0.2) is 39.6 Å². The molecule has 1 heterocycles. The van der Waals surface area contributed by atoms with Crippen molar-refractivity contribution in [2.75, 3.05) is 0 Å². The molecule has 5 nitrogen and oxygen atoms in total. The second-order valence-corrected chi connectivity index (χ2v) is 6.77. The minimum atomic E-state index is -4.50. The Morgan fingerprint density at radius 3 is 1.73 bits per heavy atom. The fourth-order valence-electron chi connectivity index (χ4n) is 2.35. The minimum absolute atomic E-state index is 0.297. The van der Waals surface area contributed by atoms with Gasteiger partial charge in [0.05, 0.1) is 0 Å². The van der Waals surface area contributed by atoms with Crippen LogP contribution in [0.4, 0.5) is 0 Å². The summed E-state index contributed by atoms with van der Waals surface area (Å²) in [5.74, 6) is 0. The van der Waals surface area contributed by atoms with Gasteiger partial charge in [0, 0.05) is 11.1 Å². The van der Waals surface area contributed by atoms with Crippen LogP contribution in [0, 0.1) is 0 Å². The molecule has 0 bridgehead atoms. The van der Waals surface area contributed by atoms with Gasteiger partial charge in [0.1, 0.15) is 0 Å². The third-order valence-corrected chi connectivity index (χ3v) is 3.32. The van der Waals surface area contributed by atoms with Crippen molar-refractivity contribution in [3.8, 4) is 0 Å². The van der Waals surface area contributed by atoms with Crippen molar-refractivity contribution in [3.05, 3.63) is 0 Å². The first-order valence-corrected chi connectivity index (χ1v) is 6.96. The Labute approximate surface area is 91.7 Å². The van der Waals surface area contributed by atoms with Gasteiger partial charge in [-0.1, -0.05) is 0 Å². The van der Waals surface area contributed by atoms with Gasteiger partial charge in [0.2, 0.25) is 0 Å². The first-order valence-electron chi connectivity index (χ1n) is 5.21. The number of rotatable bonds is 2. The minimum Gasteiger partial charge on any atom is -0.367 e. The van der Waals surface area contributed by atoms with E-state index in [1.807, 2.05) is 27.7 Å². The summed E-state index contributed by atoms with van der Waals surface area (Å²) >= 11 is 0. The van der Waals surface area contributed by atoms with Crippen molar-refractivity contribution < 1.29 is 18.9 Å². The largest absolute Gasteiger partial charge is 0.688 e. The summed E-state index contributed by atoms with van der Waals surface area (Å²) in [5, 5.41) is 1.54. The maximum absolute atomic E-state index is 9.02. The molecule has 6 heteroatoms. The smallest absolute Gasteiger partial charge is 0.367 e. The molecule has 0 aromatic heterocycles. The second-order valence-electron chi connectivity index (χ2n) is 5.44. The Balaban J connectivity index is 2.87. The molecule has 1 aliphatic heterocycles. The van der Waals surface area contributed by atoms with Crippen molar-refractivity contribution >= 4 is 9.05 Å². The second kappa shape index (κ2) is 3.79. The SMILES string of the molecule is CC1(C)CCCC(C)(C)N1O[Si](O)(O)O. The molecule has 1 saturated heterocycles. The lowest BCUT2D eigenvalue weighted by Gasteiger charge is -2.51. The van der Waals surface area contributed by atoms with Gasteiger partial charge in [-0.15, -0.1) is 0 Å². The highest BCUT2D eigenvalue weighted by molar-refractivity contribution is 6.48. The number of hydroxylamine groups is 2. The van der Waals surface area contributed by atoms with Crippen molar-refractivity contribution in [1.29, 1.82) is 0 Å². The molecule has 0 atom stereocenters. The van der Waals surface area contributed by atoms with Gasteiger partial charge in [0.15, 0.2) is 0 Å². The van der Waals surface area contributed by atoms with E-state index in [0.29, 0.717) is 0 Å². The van der Waals surface area contributed by atoms with E-state index in [4.69, 9.17) is 18.9 Å². The summed E-state index contributed by atoms with van der Waals surface area (Å²) in [6, 6.07) is 0. The molecule has 0 radical (unpaired) electrons. The Bertz CT molecular complexity index is 221. The van der Waals surface area contributed by atoms with Crippen molar-refractivity contribution in [3.63, 3.8) is 0 Å². The van der Waals surface area contributed by atoms with Gasteiger partial charge in [-0.05, 0) is 47.0 Å². The molecule has 0 unspecified atom stereocenters. The van der Waals surface area contributed by atoms with E-state index >= 15 is 0 Å². The van der Waals surface area contributed by atoms with Gasteiger partial charge in [-0.25, -0.2) is 0 Å². The molecule has 90 valence electrons. The number of nitrogens with zero attached hydrogens (tertiary/aromatic N) is 1. The van der Waals surface area contributed by atoms with Crippen LogP contribution in [0.15, 0.2) is 0 Å². The molecule has 15 heavy (non-hydrogen) atoms. The highest BCUT2D eigenvalue weighted by Gasteiger charge is 2.48. The zero-order chi connectivity index (χ0) is 11.9. The standard InChI is InChI=1S/C9H21NO4Si/c1-8(2)6-5-7-9(3,4)10(8)14-15(11,12)13/h11-13H,5-7H2,1-4H3. The van der Waals surface area contributed by atoms with Gasteiger partial charge >= 0.3 is 9.05 Å². The van der Waals surface area contributed by atoms with Crippen molar-refractivity contribution in [2.24, 2.45) is 0 Å². The van der Waals surface area contributed by atoms with Crippen LogP contribution < -0.4 is 0 Å². The van der Waals surface area contributed by atoms with E-state index in [1.165, 1.54) is 5.06 Å². The highest BCUT2D eigenvalue weighted by atomic mass is 28.4. The molecule has 0 aromatic carbocycles. The van der Waals surface area contributed by atoms with Gasteiger partial charge < -0.3 is 14.4 Å². The van der Waals surface area contributed by atoms with Crippen LogP contribution in [0.25, 0.3) is 0 Å². The summed E-state index contributed by atoms with van der Waals surface area (Å²) in [4.78, 5) is 27.1. The van der Waals surface area contributed by atoms with Crippen LogP contribution in [-0.2, 0) is 4.53 Å². The first kappa shape index (κ1) is 13.1. The molecule has 1 aliphatic rings. The molecule has 0 aromatic rings. The third-order valence-electron chi connectivity index (χ3n) is 2.89. The van der Waals surface area contributed by atoms with E-state index in [0.717, 1.165) is 19.3 Å².